The number of piperazine rings is 1. The third-order valence-electron chi connectivity index (χ3n) is 6.81. The van der Waals surface area contributed by atoms with Crippen LogP contribution >= 0.6 is 11.6 Å². The zero-order chi connectivity index (χ0) is 25.4. The second kappa shape index (κ2) is 10.2. The van der Waals surface area contributed by atoms with Gasteiger partial charge in [0, 0.05) is 62.6 Å². The zero-order valence-corrected chi connectivity index (χ0v) is 19.7. The number of halogens is 7. The van der Waals surface area contributed by atoms with Crippen molar-refractivity contribution in [1.29, 1.82) is 0 Å². The minimum atomic E-state index is -5.73. The van der Waals surface area contributed by atoms with E-state index in [0.717, 1.165) is 42.3 Å². The van der Waals surface area contributed by atoms with Gasteiger partial charge in [0.25, 0.3) is 6.10 Å². The maximum absolute atomic E-state index is 12.7. The molecule has 1 unspecified atom stereocenters. The van der Waals surface area contributed by atoms with E-state index in [1.807, 2.05) is 17.0 Å². The maximum Gasteiger partial charge on any atom is 0.434 e. The van der Waals surface area contributed by atoms with Gasteiger partial charge in [-0.3, -0.25) is 9.80 Å². The van der Waals surface area contributed by atoms with Crippen LogP contribution in [0.2, 0.25) is 5.02 Å². The molecule has 0 radical (unpaired) electrons. The van der Waals surface area contributed by atoms with Crippen molar-refractivity contribution in [3.8, 4) is 0 Å². The Labute approximate surface area is 204 Å². The monoisotopic (exact) mass is 528 g/mol. The molecule has 0 bridgehead atoms. The lowest BCUT2D eigenvalue weighted by molar-refractivity contribution is -0.308. The number of carbonyl (C=O) groups excluding carboxylic acids is 1. The van der Waals surface area contributed by atoms with Crippen LogP contribution in [0.1, 0.15) is 24.8 Å². The van der Waals surface area contributed by atoms with Gasteiger partial charge in [0.05, 0.1) is 6.67 Å². The number of ether oxygens (including phenoxy) is 1. The first-order valence-corrected chi connectivity index (χ1v) is 11.9. The number of hydrogen-bond acceptors (Lipinski definition) is 5. The first kappa shape index (κ1) is 26.2. The van der Waals surface area contributed by atoms with Gasteiger partial charge in [-0.1, -0.05) is 17.7 Å². The van der Waals surface area contributed by atoms with Gasteiger partial charge in [0.1, 0.15) is 0 Å². The van der Waals surface area contributed by atoms with Crippen LogP contribution in [0, 0.1) is 0 Å². The van der Waals surface area contributed by atoms with Gasteiger partial charge in [0.15, 0.2) is 0 Å². The van der Waals surface area contributed by atoms with E-state index in [-0.39, 0.29) is 26.2 Å². The van der Waals surface area contributed by atoms with Crippen molar-refractivity contribution in [2.45, 2.75) is 50.3 Å². The van der Waals surface area contributed by atoms with E-state index in [1.54, 1.807) is 6.07 Å². The molecule has 0 aliphatic carbocycles. The van der Waals surface area contributed by atoms with Crippen molar-refractivity contribution < 1.29 is 35.9 Å². The van der Waals surface area contributed by atoms with Crippen molar-refractivity contribution in [2.24, 2.45) is 0 Å². The predicted octanol–water partition coefficient (Wildman–Crippen LogP) is 4.72. The molecule has 13 heteroatoms. The van der Waals surface area contributed by atoms with E-state index < -0.39 is 24.5 Å². The van der Waals surface area contributed by atoms with Crippen LogP contribution in [0.4, 0.5) is 36.8 Å². The number of rotatable bonds is 4. The quantitative estimate of drug-likeness (QED) is 0.529. The molecule has 3 heterocycles. The number of amides is 1. The van der Waals surface area contributed by atoms with Crippen LogP contribution in [0.25, 0.3) is 0 Å². The lowest BCUT2D eigenvalue weighted by atomic mass is 10.1. The molecule has 0 saturated carbocycles. The number of nitrogens with zero attached hydrogens (tertiary/aromatic N) is 4. The fourth-order valence-electron chi connectivity index (χ4n) is 4.99. The Morgan fingerprint density at radius 3 is 2.34 bits per heavy atom. The Kier molecular flexibility index (Phi) is 7.63. The lowest BCUT2D eigenvalue weighted by Gasteiger charge is -2.40. The van der Waals surface area contributed by atoms with Crippen LogP contribution in [0.5, 0.6) is 0 Å². The van der Waals surface area contributed by atoms with E-state index in [9.17, 15) is 31.1 Å². The minimum Gasteiger partial charge on any atom is -0.426 e. The standard InChI is InChI=1S/C22H27ClF6N4O2/c23-16-4-3-15(18(12-16)33-7-5-17-2-1-6-32(17)14-33)13-30-8-10-31(11-9-30)20(34)35-19(21(24,25)26)22(27,28)29/h3-4,12,17,19H,1-2,5-11,13-14H2. The molecular weight excluding hydrogens is 502 g/mol. The van der Waals surface area contributed by atoms with Crippen LogP contribution < -0.4 is 4.90 Å². The van der Waals surface area contributed by atoms with E-state index in [4.69, 9.17) is 11.6 Å². The molecule has 1 atom stereocenters. The van der Waals surface area contributed by atoms with Gasteiger partial charge in [-0.15, -0.1) is 0 Å². The highest BCUT2D eigenvalue weighted by Crippen LogP contribution is 2.36. The molecule has 0 N–H and O–H groups in total. The highest BCUT2D eigenvalue weighted by Gasteiger charge is 2.60. The summed E-state index contributed by atoms with van der Waals surface area (Å²) in [6.07, 6.45) is -13.7. The average molecular weight is 529 g/mol. The third kappa shape index (κ3) is 6.26. The number of fused-ring (bicyclic) bond motifs is 1. The Morgan fingerprint density at radius 2 is 1.69 bits per heavy atom. The highest BCUT2D eigenvalue weighted by molar-refractivity contribution is 6.30. The van der Waals surface area contributed by atoms with Gasteiger partial charge in [0.2, 0.25) is 0 Å². The van der Waals surface area contributed by atoms with Crippen LogP contribution in [-0.2, 0) is 11.3 Å². The number of benzene rings is 1. The van der Waals surface area contributed by atoms with Crippen LogP contribution in [-0.4, -0.2) is 91.2 Å². The average Bonchev–Trinajstić information content (AvgIpc) is 3.25. The molecule has 3 fully saturated rings. The Balaban J connectivity index is 1.36. The maximum atomic E-state index is 12.7. The summed E-state index contributed by atoms with van der Waals surface area (Å²) in [4.78, 5) is 19.7. The molecule has 1 amide bonds. The van der Waals surface area contributed by atoms with E-state index in [2.05, 4.69) is 14.5 Å². The van der Waals surface area contributed by atoms with Crippen molar-refractivity contribution in [2.75, 3.05) is 50.8 Å². The molecule has 3 aliphatic heterocycles. The second-order valence-corrected chi connectivity index (χ2v) is 9.62. The summed E-state index contributed by atoms with van der Waals surface area (Å²) in [5.41, 5.74) is 2.04. The molecule has 4 rings (SSSR count). The van der Waals surface area contributed by atoms with Crippen molar-refractivity contribution in [3.63, 3.8) is 0 Å². The summed E-state index contributed by atoms with van der Waals surface area (Å²) >= 11 is 6.28. The fourth-order valence-corrected chi connectivity index (χ4v) is 5.16. The molecule has 3 saturated heterocycles. The van der Waals surface area contributed by atoms with E-state index in [1.165, 1.54) is 12.8 Å². The SMILES string of the molecule is O=C(OC(C(F)(F)F)C(F)(F)F)N1CCN(Cc2ccc(Cl)cc2N2CCC3CCCN3C2)CC1. The number of alkyl halides is 6. The van der Waals surface area contributed by atoms with Gasteiger partial charge >= 0.3 is 18.4 Å². The zero-order valence-electron chi connectivity index (χ0n) is 18.9. The molecule has 3 aliphatic rings. The first-order chi connectivity index (χ1) is 16.4. The first-order valence-electron chi connectivity index (χ1n) is 11.5. The number of hydrogen-bond donors (Lipinski definition) is 0. The largest absolute Gasteiger partial charge is 0.434 e. The van der Waals surface area contributed by atoms with Crippen LogP contribution in [0.3, 0.4) is 0 Å². The van der Waals surface area contributed by atoms with E-state index in [0.29, 0.717) is 17.6 Å². The molecule has 1 aromatic rings. The molecular formula is C22H27ClF6N4O2. The second-order valence-electron chi connectivity index (χ2n) is 9.19. The van der Waals surface area contributed by atoms with Gasteiger partial charge in [-0.05, 0) is 37.0 Å². The molecule has 35 heavy (non-hydrogen) atoms. The smallest absolute Gasteiger partial charge is 0.426 e. The fraction of sp³-hybridized carbons (Fsp3) is 0.682. The molecule has 6 nitrogen and oxygen atoms in total. The Morgan fingerprint density at radius 1 is 1.00 bits per heavy atom. The topological polar surface area (TPSA) is 39.3 Å². The van der Waals surface area contributed by atoms with Crippen molar-refractivity contribution in [1.82, 2.24) is 14.7 Å². The number of anilines is 1. The normalized spacial score (nSPS) is 22.6. The van der Waals surface area contributed by atoms with Crippen LogP contribution in [0.15, 0.2) is 18.2 Å². The Bertz CT molecular complexity index is 893. The molecule has 0 aromatic heterocycles. The van der Waals surface area contributed by atoms with Crippen molar-refractivity contribution in [3.05, 3.63) is 28.8 Å². The van der Waals surface area contributed by atoms with E-state index >= 15 is 0 Å². The van der Waals surface area contributed by atoms with Gasteiger partial charge in [-0.25, -0.2) is 4.79 Å². The summed E-state index contributed by atoms with van der Waals surface area (Å²) in [7, 11) is 0. The third-order valence-corrected chi connectivity index (χ3v) is 7.04. The summed E-state index contributed by atoms with van der Waals surface area (Å²) < 4.78 is 80.0. The minimum absolute atomic E-state index is 0.0383. The lowest BCUT2D eigenvalue weighted by Crippen LogP contribution is -2.52. The Hall–Kier alpha value is -1.92. The summed E-state index contributed by atoms with van der Waals surface area (Å²) in [5, 5.41) is 0.615. The highest BCUT2D eigenvalue weighted by atomic mass is 35.5. The predicted molar refractivity (Wildman–Crippen MR) is 117 cm³/mol. The van der Waals surface area contributed by atoms with Gasteiger partial charge in [-0.2, -0.15) is 26.3 Å². The van der Waals surface area contributed by atoms with Crippen molar-refractivity contribution >= 4 is 23.4 Å². The summed E-state index contributed by atoms with van der Waals surface area (Å²) in [6.45, 7) is 3.81. The summed E-state index contributed by atoms with van der Waals surface area (Å²) in [5.74, 6) is 0. The summed E-state index contributed by atoms with van der Waals surface area (Å²) in [6, 6.07) is 6.28. The molecule has 196 valence electrons. The number of carbonyl (C=O) groups is 1. The molecule has 1 aromatic carbocycles. The van der Waals surface area contributed by atoms with Gasteiger partial charge < -0.3 is 14.5 Å². The molecule has 0 spiro atoms.